The van der Waals surface area contributed by atoms with Crippen molar-refractivity contribution in [2.45, 2.75) is 20.4 Å². The molecule has 2 N–H and O–H groups in total. The van der Waals surface area contributed by atoms with Gasteiger partial charge in [0.25, 0.3) is 5.56 Å². The van der Waals surface area contributed by atoms with Gasteiger partial charge in [-0.15, -0.1) is 0 Å². The van der Waals surface area contributed by atoms with E-state index in [4.69, 9.17) is 5.73 Å². The van der Waals surface area contributed by atoms with Crippen molar-refractivity contribution < 1.29 is 0 Å². The maximum absolute atomic E-state index is 12.3. The fourth-order valence-corrected chi connectivity index (χ4v) is 1.96. The van der Waals surface area contributed by atoms with Gasteiger partial charge < -0.3 is 5.73 Å². The summed E-state index contributed by atoms with van der Waals surface area (Å²) in [5, 5.41) is 0.306. The van der Waals surface area contributed by atoms with E-state index in [1.54, 1.807) is 13.1 Å². The summed E-state index contributed by atoms with van der Waals surface area (Å²) >= 11 is 0. The molecule has 0 saturated heterocycles. The lowest BCUT2D eigenvalue weighted by Crippen LogP contribution is -2.40. The average molecular weight is 248 g/mol. The molecule has 2 aromatic heterocycles. The van der Waals surface area contributed by atoms with Gasteiger partial charge in [0.15, 0.2) is 5.65 Å². The fraction of sp³-hybridized carbons (Fsp3) is 0.417. The first-order chi connectivity index (χ1) is 8.43. The minimum Gasteiger partial charge on any atom is -0.398 e. The Morgan fingerprint density at radius 2 is 2.06 bits per heavy atom. The van der Waals surface area contributed by atoms with Gasteiger partial charge in [0.2, 0.25) is 0 Å². The Hall–Kier alpha value is -2.11. The van der Waals surface area contributed by atoms with E-state index in [2.05, 4.69) is 4.98 Å². The zero-order valence-electron chi connectivity index (χ0n) is 10.7. The van der Waals surface area contributed by atoms with Crippen LogP contribution in [-0.4, -0.2) is 14.1 Å². The molecule has 0 amide bonds. The minimum atomic E-state index is -0.368. The fourth-order valence-electron chi connectivity index (χ4n) is 1.96. The van der Waals surface area contributed by atoms with Gasteiger partial charge in [-0.25, -0.2) is 9.78 Å². The Bertz CT molecular complexity index is 712. The van der Waals surface area contributed by atoms with Gasteiger partial charge in [-0.3, -0.25) is 13.9 Å². The molecule has 0 aliphatic rings. The number of rotatable bonds is 2. The van der Waals surface area contributed by atoms with Gasteiger partial charge >= 0.3 is 5.69 Å². The SMILES string of the molecule is CC(C)Cn1c(=O)c2c(N)ccnc2n(C)c1=O. The Labute approximate surface area is 104 Å². The van der Waals surface area contributed by atoms with Crippen LogP contribution in [0.15, 0.2) is 21.9 Å². The zero-order chi connectivity index (χ0) is 13.4. The Balaban J connectivity index is 2.94. The number of fused-ring (bicyclic) bond motifs is 1. The Kier molecular flexibility index (Phi) is 2.94. The van der Waals surface area contributed by atoms with E-state index in [0.717, 1.165) is 0 Å². The molecule has 0 aliphatic carbocycles. The van der Waals surface area contributed by atoms with Crippen molar-refractivity contribution in [1.29, 1.82) is 0 Å². The lowest BCUT2D eigenvalue weighted by atomic mass is 10.2. The molecular formula is C12H16N4O2. The molecule has 0 fully saturated rings. The maximum Gasteiger partial charge on any atom is 0.332 e. The third-order valence-electron chi connectivity index (χ3n) is 2.81. The highest BCUT2D eigenvalue weighted by atomic mass is 16.2. The molecule has 6 heteroatoms. The van der Waals surface area contributed by atoms with E-state index in [1.165, 1.54) is 15.3 Å². The van der Waals surface area contributed by atoms with E-state index < -0.39 is 0 Å². The second-order valence-corrected chi connectivity index (χ2v) is 4.75. The molecule has 2 rings (SSSR count). The largest absolute Gasteiger partial charge is 0.398 e. The third-order valence-corrected chi connectivity index (χ3v) is 2.81. The Morgan fingerprint density at radius 1 is 1.39 bits per heavy atom. The van der Waals surface area contributed by atoms with Crippen LogP contribution in [0.1, 0.15) is 13.8 Å². The molecule has 18 heavy (non-hydrogen) atoms. The van der Waals surface area contributed by atoms with Crippen molar-refractivity contribution in [1.82, 2.24) is 14.1 Å². The van der Waals surface area contributed by atoms with Crippen LogP contribution < -0.4 is 17.0 Å². The smallest absolute Gasteiger partial charge is 0.332 e. The molecule has 0 unspecified atom stereocenters. The van der Waals surface area contributed by atoms with Crippen LogP contribution in [0.4, 0.5) is 5.69 Å². The monoisotopic (exact) mass is 248 g/mol. The van der Waals surface area contributed by atoms with Crippen LogP contribution in [-0.2, 0) is 13.6 Å². The number of aryl methyl sites for hydroxylation is 1. The molecule has 6 nitrogen and oxygen atoms in total. The number of nitrogen functional groups attached to an aromatic ring is 1. The second kappa shape index (κ2) is 4.29. The summed E-state index contributed by atoms with van der Waals surface area (Å²) < 4.78 is 2.57. The van der Waals surface area contributed by atoms with Gasteiger partial charge in [0.1, 0.15) is 5.39 Å². The van der Waals surface area contributed by atoms with Gasteiger partial charge in [0.05, 0.1) is 0 Å². The second-order valence-electron chi connectivity index (χ2n) is 4.75. The zero-order valence-corrected chi connectivity index (χ0v) is 10.7. The normalized spacial score (nSPS) is 11.3. The number of nitrogens with zero attached hydrogens (tertiary/aromatic N) is 3. The predicted octanol–water partition coefficient (Wildman–Crippen LogP) is 0.333. The standard InChI is InChI=1S/C12H16N4O2/c1-7(2)6-16-11(17)9-8(13)4-5-14-10(9)15(3)12(16)18/h4-5,7H,6H2,1-3H3,(H2,13,14). The first-order valence-corrected chi connectivity index (χ1v) is 5.77. The van der Waals surface area contributed by atoms with Crippen molar-refractivity contribution in [2.24, 2.45) is 13.0 Å². The highest BCUT2D eigenvalue weighted by Gasteiger charge is 2.14. The van der Waals surface area contributed by atoms with E-state index >= 15 is 0 Å². The number of pyridine rings is 1. The summed E-state index contributed by atoms with van der Waals surface area (Å²) in [5.74, 6) is 0.200. The van der Waals surface area contributed by atoms with E-state index in [0.29, 0.717) is 23.3 Å². The summed E-state index contributed by atoms with van der Waals surface area (Å²) in [5.41, 5.74) is 5.75. The van der Waals surface area contributed by atoms with Crippen LogP contribution >= 0.6 is 0 Å². The molecule has 0 saturated carbocycles. The number of hydrogen-bond acceptors (Lipinski definition) is 4. The van der Waals surface area contributed by atoms with Crippen LogP contribution in [0, 0.1) is 5.92 Å². The average Bonchev–Trinajstić information content (AvgIpc) is 2.31. The van der Waals surface area contributed by atoms with Crippen molar-refractivity contribution in [3.8, 4) is 0 Å². The van der Waals surface area contributed by atoms with Crippen LogP contribution in [0.3, 0.4) is 0 Å². The van der Waals surface area contributed by atoms with Gasteiger partial charge in [0, 0.05) is 25.5 Å². The van der Waals surface area contributed by atoms with Crippen LogP contribution in [0.5, 0.6) is 0 Å². The first-order valence-electron chi connectivity index (χ1n) is 5.77. The summed E-state index contributed by atoms with van der Waals surface area (Å²) in [7, 11) is 1.59. The lowest BCUT2D eigenvalue weighted by molar-refractivity contribution is 0.485. The van der Waals surface area contributed by atoms with Gasteiger partial charge in [-0.2, -0.15) is 0 Å². The molecular weight excluding hydrogens is 232 g/mol. The summed E-state index contributed by atoms with van der Waals surface area (Å²) in [6.07, 6.45) is 1.49. The molecule has 0 bridgehead atoms. The van der Waals surface area contributed by atoms with Crippen molar-refractivity contribution >= 4 is 16.7 Å². The molecule has 0 atom stereocenters. The van der Waals surface area contributed by atoms with Gasteiger partial charge in [-0.1, -0.05) is 13.8 Å². The molecule has 2 aromatic rings. The number of nitrogens with two attached hydrogens (primary N) is 1. The first kappa shape index (κ1) is 12.3. The topological polar surface area (TPSA) is 82.9 Å². The molecule has 96 valence electrons. The highest BCUT2D eigenvalue weighted by Crippen LogP contribution is 2.12. The van der Waals surface area contributed by atoms with E-state index in [-0.39, 0.29) is 17.2 Å². The Morgan fingerprint density at radius 3 is 2.67 bits per heavy atom. The molecule has 0 aromatic carbocycles. The summed E-state index contributed by atoms with van der Waals surface area (Å²) in [4.78, 5) is 28.4. The summed E-state index contributed by atoms with van der Waals surface area (Å²) in [6.45, 7) is 4.27. The van der Waals surface area contributed by atoms with Crippen molar-refractivity contribution in [2.75, 3.05) is 5.73 Å². The van der Waals surface area contributed by atoms with Crippen molar-refractivity contribution in [3.05, 3.63) is 33.1 Å². The molecule has 0 spiro atoms. The molecule has 0 aliphatic heterocycles. The molecule has 0 radical (unpaired) electrons. The van der Waals surface area contributed by atoms with Crippen molar-refractivity contribution in [3.63, 3.8) is 0 Å². The summed E-state index contributed by atoms with van der Waals surface area (Å²) in [6, 6.07) is 1.56. The number of aromatic nitrogens is 3. The number of anilines is 1. The van der Waals surface area contributed by atoms with Crippen LogP contribution in [0.25, 0.3) is 11.0 Å². The van der Waals surface area contributed by atoms with Gasteiger partial charge in [-0.05, 0) is 12.0 Å². The quantitative estimate of drug-likeness (QED) is 0.830. The third kappa shape index (κ3) is 1.79. The molecule has 2 heterocycles. The van der Waals surface area contributed by atoms with E-state index in [9.17, 15) is 9.59 Å². The maximum atomic E-state index is 12.3. The van der Waals surface area contributed by atoms with E-state index in [1.807, 2.05) is 13.8 Å². The van der Waals surface area contributed by atoms with Crippen LogP contribution in [0.2, 0.25) is 0 Å². The highest BCUT2D eigenvalue weighted by molar-refractivity contribution is 5.86. The predicted molar refractivity (Wildman–Crippen MR) is 70.5 cm³/mol. The number of hydrogen-bond donors (Lipinski definition) is 1. The minimum absolute atomic E-state index is 0.200. The lowest BCUT2D eigenvalue weighted by Gasteiger charge is -2.12.